The lowest BCUT2D eigenvalue weighted by Crippen LogP contribution is -1.96. The Morgan fingerprint density at radius 1 is 1.31 bits per heavy atom. The molecule has 68 valence electrons. The van der Waals surface area contributed by atoms with Crippen LogP contribution in [0.3, 0.4) is 0 Å². The average Bonchev–Trinajstić information content (AvgIpc) is 2.04. The lowest BCUT2D eigenvalue weighted by atomic mass is 10.1. The highest BCUT2D eigenvalue weighted by Gasteiger charge is 2.10. The first-order valence-electron chi connectivity index (χ1n) is 3.78. The topological polar surface area (TPSA) is 17.1 Å². The van der Waals surface area contributed by atoms with Crippen molar-refractivity contribution in [3.63, 3.8) is 0 Å². The predicted octanol–water partition coefficient (Wildman–Crippen LogP) is 3.75. The van der Waals surface area contributed by atoms with E-state index < -0.39 is 0 Å². The van der Waals surface area contributed by atoms with Crippen LogP contribution in [0, 0.1) is 0 Å². The highest BCUT2D eigenvalue weighted by Crippen LogP contribution is 2.24. The molecule has 13 heavy (non-hydrogen) atoms. The van der Waals surface area contributed by atoms with Crippen molar-refractivity contribution in [2.75, 3.05) is 0 Å². The van der Waals surface area contributed by atoms with E-state index in [9.17, 15) is 4.79 Å². The average molecular weight is 215 g/mol. The third kappa shape index (κ3) is 2.33. The maximum Gasteiger partial charge on any atom is 0.188 e. The Bertz CT molecular complexity index is 336. The molecule has 0 aliphatic rings. The molecule has 0 aliphatic carbocycles. The minimum Gasteiger partial charge on any atom is -0.289 e. The molecule has 0 heterocycles. The van der Waals surface area contributed by atoms with Crippen LogP contribution in [0.5, 0.6) is 0 Å². The summed E-state index contributed by atoms with van der Waals surface area (Å²) in [6, 6.07) is 4.99. The zero-order chi connectivity index (χ0) is 9.84. The summed E-state index contributed by atoms with van der Waals surface area (Å²) < 4.78 is 0. The zero-order valence-corrected chi connectivity index (χ0v) is 8.56. The van der Waals surface area contributed by atoms with Gasteiger partial charge in [0.25, 0.3) is 0 Å². The van der Waals surface area contributed by atoms with Crippen molar-refractivity contribution in [1.29, 1.82) is 0 Å². The van der Waals surface area contributed by atoms with Crippen LogP contribution < -0.4 is 0 Å². The summed E-state index contributed by atoms with van der Waals surface area (Å²) in [5.74, 6) is -0.168. The molecule has 0 unspecified atom stereocenters. The van der Waals surface area contributed by atoms with Crippen LogP contribution in [0.25, 0.3) is 0 Å². The van der Waals surface area contributed by atoms with Gasteiger partial charge in [0.05, 0.1) is 15.6 Å². The van der Waals surface area contributed by atoms with Gasteiger partial charge < -0.3 is 0 Å². The van der Waals surface area contributed by atoms with Crippen LogP contribution >= 0.6 is 23.2 Å². The Morgan fingerprint density at radius 3 is 2.31 bits per heavy atom. The van der Waals surface area contributed by atoms with Crippen LogP contribution in [0.2, 0.25) is 10.0 Å². The van der Waals surface area contributed by atoms with E-state index in [2.05, 4.69) is 0 Å². The maximum atomic E-state index is 11.4. The first-order valence-corrected chi connectivity index (χ1v) is 4.53. The molecule has 0 radical (unpaired) electrons. The van der Waals surface area contributed by atoms with E-state index in [4.69, 9.17) is 23.2 Å². The Kier molecular flexibility index (Phi) is 3.52. The van der Waals surface area contributed by atoms with Crippen LogP contribution in [0.1, 0.15) is 17.3 Å². The Labute approximate surface area is 87.0 Å². The summed E-state index contributed by atoms with van der Waals surface area (Å²) in [6.07, 6.45) is 3.09. The van der Waals surface area contributed by atoms with Gasteiger partial charge in [-0.05, 0) is 25.1 Å². The minimum absolute atomic E-state index is 0.168. The number of ketones is 1. The predicted molar refractivity (Wildman–Crippen MR) is 55.6 cm³/mol. The molecule has 0 N–H and O–H groups in total. The van der Waals surface area contributed by atoms with Gasteiger partial charge in [-0.3, -0.25) is 4.79 Å². The second-order valence-corrected chi connectivity index (χ2v) is 3.28. The molecule has 0 spiro atoms. The molecule has 0 aliphatic heterocycles. The lowest BCUT2D eigenvalue weighted by Gasteiger charge is -2.01. The monoisotopic (exact) mass is 214 g/mol. The maximum absolute atomic E-state index is 11.4. The number of halogens is 2. The zero-order valence-electron chi connectivity index (χ0n) is 7.05. The molecule has 1 nitrogen and oxygen atoms in total. The van der Waals surface area contributed by atoms with Gasteiger partial charge >= 0.3 is 0 Å². The van der Waals surface area contributed by atoms with Crippen molar-refractivity contribution in [2.24, 2.45) is 0 Å². The van der Waals surface area contributed by atoms with E-state index in [0.717, 1.165) is 0 Å². The van der Waals surface area contributed by atoms with E-state index in [1.807, 2.05) is 0 Å². The molecule has 0 saturated heterocycles. The summed E-state index contributed by atoms with van der Waals surface area (Å²) in [4.78, 5) is 11.4. The molecule has 1 aromatic rings. The van der Waals surface area contributed by atoms with E-state index in [1.54, 1.807) is 31.2 Å². The normalized spacial score (nSPS) is 10.7. The summed E-state index contributed by atoms with van der Waals surface area (Å²) in [5, 5.41) is 0.770. The van der Waals surface area contributed by atoms with Gasteiger partial charge in [-0.15, -0.1) is 0 Å². The molecule has 0 saturated carbocycles. The first-order chi connectivity index (χ1) is 6.16. The van der Waals surface area contributed by atoms with Crippen molar-refractivity contribution in [2.45, 2.75) is 6.92 Å². The molecular formula is C10H8Cl2O. The fourth-order valence-corrected chi connectivity index (χ4v) is 1.55. The van der Waals surface area contributed by atoms with Gasteiger partial charge in [-0.1, -0.05) is 35.3 Å². The van der Waals surface area contributed by atoms with E-state index in [1.165, 1.54) is 6.08 Å². The summed E-state index contributed by atoms with van der Waals surface area (Å²) >= 11 is 11.6. The second kappa shape index (κ2) is 4.45. The van der Waals surface area contributed by atoms with Crippen molar-refractivity contribution in [3.05, 3.63) is 46.0 Å². The molecule has 1 rings (SSSR count). The minimum atomic E-state index is -0.168. The molecule has 3 heteroatoms. The molecule has 0 atom stereocenters. The quantitative estimate of drug-likeness (QED) is 0.542. The molecule has 0 fully saturated rings. The fourth-order valence-electron chi connectivity index (χ4n) is 0.968. The number of carbonyl (C=O) groups is 1. The SMILES string of the molecule is CC=CC(=O)c1c(Cl)cccc1Cl. The van der Waals surface area contributed by atoms with E-state index in [0.29, 0.717) is 15.6 Å². The van der Waals surface area contributed by atoms with E-state index >= 15 is 0 Å². The second-order valence-electron chi connectivity index (χ2n) is 2.46. The standard InChI is InChI=1S/C10H8Cl2O/c1-2-4-9(13)10-7(11)5-3-6-8(10)12/h2-6H,1H3. The highest BCUT2D eigenvalue weighted by atomic mass is 35.5. The highest BCUT2D eigenvalue weighted by molar-refractivity contribution is 6.40. The number of benzene rings is 1. The van der Waals surface area contributed by atoms with Crippen molar-refractivity contribution >= 4 is 29.0 Å². The lowest BCUT2D eigenvalue weighted by molar-refractivity contribution is 0.104. The van der Waals surface area contributed by atoms with Crippen molar-refractivity contribution < 1.29 is 4.79 Å². The van der Waals surface area contributed by atoms with Gasteiger partial charge in [-0.25, -0.2) is 0 Å². The number of hydrogen-bond acceptors (Lipinski definition) is 1. The van der Waals surface area contributed by atoms with Crippen LogP contribution in [-0.4, -0.2) is 5.78 Å². The van der Waals surface area contributed by atoms with E-state index in [-0.39, 0.29) is 5.78 Å². The largest absolute Gasteiger partial charge is 0.289 e. The van der Waals surface area contributed by atoms with Crippen molar-refractivity contribution in [1.82, 2.24) is 0 Å². The Balaban J connectivity index is 3.20. The molecule has 0 aromatic heterocycles. The molecular weight excluding hydrogens is 207 g/mol. The Hall–Kier alpha value is -0.790. The summed E-state index contributed by atoms with van der Waals surface area (Å²) in [6.45, 7) is 1.77. The molecule has 0 bridgehead atoms. The summed E-state index contributed by atoms with van der Waals surface area (Å²) in [7, 11) is 0. The molecule has 0 amide bonds. The fraction of sp³-hybridized carbons (Fsp3) is 0.100. The van der Waals surface area contributed by atoms with Crippen LogP contribution in [-0.2, 0) is 0 Å². The van der Waals surface area contributed by atoms with Gasteiger partial charge in [0.15, 0.2) is 5.78 Å². The van der Waals surface area contributed by atoms with Gasteiger partial charge in [-0.2, -0.15) is 0 Å². The van der Waals surface area contributed by atoms with Crippen LogP contribution in [0.4, 0.5) is 0 Å². The van der Waals surface area contributed by atoms with Gasteiger partial charge in [0.2, 0.25) is 0 Å². The Morgan fingerprint density at radius 2 is 1.85 bits per heavy atom. The number of hydrogen-bond donors (Lipinski definition) is 0. The summed E-state index contributed by atoms with van der Waals surface area (Å²) in [5.41, 5.74) is 0.365. The molecule has 1 aromatic carbocycles. The third-order valence-corrected chi connectivity index (χ3v) is 2.16. The smallest absolute Gasteiger partial charge is 0.188 e. The van der Waals surface area contributed by atoms with Gasteiger partial charge in [0, 0.05) is 0 Å². The van der Waals surface area contributed by atoms with Crippen LogP contribution in [0.15, 0.2) is 30.4 Å². The third-order valence-electron chi connectivity index (χ3n) is 1.53. The first kappa shape index (κ1) is 10.3. The number of allylic oxidation sites excluding steroid dienone is 2. The number of rotatable bonds is 2. The van der Waals surface area contributed by atoms with Crippen molar-refractivity contribution in [3.8, 4) is 0 Å². The number of carbonyl (C=O) groups excluding carboxylic acids is 1. The van der Waals surface area contributed by atoms with Gasteiger partial charge in [0.1, 0.15) is 0 Å².